The molecule has 3 nitrogen and oxygen atoms in total. The topological polar surface area (TPSA) is 49.7 Å². The summed E-state index contributed by atoms with van der Waals surface area (Å²) in [4.78, 5) is 0. The van der Waals surface area contributed by atoms with E-state index in [0.29, 0.717) is 0 Å². The van der Waals surface area contributed by atoms with Gasteiger partial charge in [-0.2, -0.15) is 0 Å². The third-order valence-electron chi connectivity index (χ3n) is 2.29. The van der Waals surface area contributed by atoms with E-state index in [9.17, 15) is 0 Å². The van der Waals surface area contributed by atoms with Crippen LogP contribution in [0.5, 0.6) is 0 Å². The van der Waals surface area contributed by atoms with Crippen LogP contribution in [0.15, 0.2) is 25.7 Å². The molecule has 0 heterocycles. The molecule has 1 atom stereocenters. The van der Waals surface area contributed by atoms with Crippen molar-refractivity contribution >= 4 is 0 Å². The quantitative estimate of drug-likeness (QED) is 0.457. The second-order valence-corrected chi connectivity index (χ2v) is 3.86. The van der Waals surface area contributed by atoms with Gasteiger partial charge in [0.15, 0.2) is 0 Å². The van der Waals surface area contributed by atoms with Gasteiger partial charge in [0.1, 0.15) is 0 Å². The van der Waals surface area contributed by atoms with Crippen molar-refractivity contribution in [3.05, 3.63) is 25.7 Å². The average Bonchev–Trinajstić information content (AvgIpc) is 2.35. The lowest BCUT2D eigenvalue weighted by Crippen LogP contribution is -2.10. The van der Waals surface area contributed by atoms with Gasteiger partial charge in [0.05, 0.1) is 25.2 Å². The highest BCUT2D eigenvalue weighted by Crippen LogP contribution is 2.08. The van der Waals surface area contributed by atoms with Crippen LogP contribution < -0.4 is 0 Å². The largest absolute Gasteiger partial charge is 0.474 e. The van der Waals surface area contributed by atoms with Crippen LogP contribution in [0.4, 0.5) is 0 Å². The molecule has 0 radical (unpaired) electrons. The van der Waals surface area contributed by atoms with E-state index in [0.717, 1.165) is 12.8 Å². The number of rotatable bonds is 10. The Bertz CT molecular complexity index is 152. The molecule has 0 fully saturated rings. The minimum absolute atomic E-state index is 0.0883. The fraction of sp³-hybridized carbons (Fsp3) is 0.714. The predicted octanol–water partition coefficient (Wildman–Crippen LogP) is 3.38. The molecular formula is C14H28O3. The van der Waals surface area contributed by atoms with Crippen molar-refractivity contribution in [2.24, 2.45) is 0 Å². The number of unbranched alkanes of at least 4 members (excludes halogenated alkanes) is 5. The van der Waals surface area contributed by atoms with Gasteiger partial charge >= 0.3 is 0 Å². The number of aliphatic hydroxyl groups is 2. The summed E-state index contributed by atoms with van der Waals surface area (Å²) in [5.41, 5.74) is 0. The second kappa shape index (κ2) is 17.6. The molecule has 3 heteroatoms. The van der Waals surface area contributed by atoms with E-state index in [1.807, 2.05) is 0 Å². The third kappa shape index (κ3) is 21.1. The van der Waals surface area contributed by atoms with E-state index in [4.69, 9.17) is 10.2 Å². The SMILES string of the molecule is C=COC=C.CCCCCCCCC(O)CO. The minimum Gasteiger partial charge on any atom is -0.474 e. The molecule has 0 saturated carbocycles. The van der Waals surface area contributed by atoms with Crippen molar-refractivity contribution in [3.63, 3.8) is 0 Å². The van der Waals surface area contributed by atoms with Crippen LogP contribution in [0.25, 0.3) is 0 Å². The van der Waals surface area contributed by atoms with Gasteiger partial charge in [-0.05, 0) is 6.42 Å². The Kier molecular flexibility index (Phi) is 19.2. The molecule has 0 spiro atoms. The minimum atomic E-state index is -0.490. The van der Waals surface area contributed by atoms with E-state index in [2.05, 4.69) is 24.8 Å². The van der Waals surface area contributed by atoms with Crippen LogP contribution in [-0.2, 0) is 4.74 Å². The summed E-state index contributed by atoms with van der Waals surface area (Å²) in [7, 11) is 0. The molecular weight excluding hydrogens is 216 g/mol. The van der Waals surface area contributed by atoms with E-state index in [1.54, 1.807) is 0 Å². The van der Waals surface area contributed by atoms with E-state index < -0.39 is 6.10 Å². The zero-order valence-electron chi connectivity index (χ0n) is 11.1. The van der Waals surface area contributed by atoms with Gasteiger partial charge in [-0.15, -0.1) is 0 Å². The smallest absolute Gasteiger partial charge is 0.0829 e. The molecule has 0 aliphatic rings. The first kappa shape index (κ1) is 18.6. The van der Waals surface area contributed by atoms with Crippen LogP contribution in [-0.4, -0.2) is 22.9 Å². The van der Waals surface area contributed by atoms with Crippen LogP contribution in [0.1, 0.15) is 51.9 Å². The summed E-state index contributed by atoms with van der Waals surface area (Å²) in [5.74, 6) is 0. The second-order valence-electron chi connectivity index (χ2n) is 3.86. The summed E-state index contributed by atoms with van der Waals surface area (Å²) in [6.07, 6.45) is 10.3. The fourth-order valence-corrected chi connectivity index (χ4v) is 1.32. The number of aliphatic hydroxyl groups excluding tert-OH is 2. The molecule has 0 aliphatic carbocycles. The molecule has 0 aromatic carbocycles. The van der Waals surface area contributed by atoms with Crippen molar-refractivity contribution < 1.29 is 14.9 Å². The van der Waals surface area contributed by atoms with Gasteiger partial charge in [-0.3, -0.25) is 0 Å². The fourth-order valence-electron chi connectivity index (χ4n) is 1.32. The molecule has 0 aromatic rings. The van der Waals surface area contributed by atoms with Crippen molar-refractivity contribution in [1.29, 1.82) is 0 Å². The average molecular weight is 244 g/mol. The maximum absolute atomic E-state index is 9.01. The summed E-state index contributed by atoms with van der Waals surface area (Å²) >= 11 is 0. The zero-order chi connectivity index (χ0) is 13.4. The molecule has 2 N–H and O–H groups in total. The van der Waals surface area contributed by atoms with E-state index in [-0.39, 0.29) is 6.61 Å². The normalized spacial score (nSPS) is 11.0. The Labute approximate surface area is 106 Å². The van der Waals surface area contributed by atoms with Crippen molar-refractivity contribution in [2.45, 2.75) is 58.0 Å². The summed E-state index contributed by atoms with van der Waals surface area (Å²) in [6.45, 7) is 8.63. The molecule has 0 bridgehead atoms. The predicted molar refractivity (Wildman–Crippen MR) is 72.6 cm³/mol. The lowest BCUT2D eigenvalue weighted by Gasteiger charge is -2.05. The van der Waals surface area contributed by atoms with Gasteiger partial charge in [-0.25, -0.2) is 0 Å². The lowest BCUT2D eigenvalue weighted by molar-refractivity contribution is 0.0860. The maximum atomic E-state index is 9.01. The third-order valence-corrected chi connectivity index (χ3v) is 2.29. The van der Waals surface area contributed by atoms with Crippen molar-refractivity contribution in [3.8, 4) is 0 Å². The number of hydrogen-bond acceptors (Lipinski definition) is 3. The van der Waals surface area contributed by atoms with Crippen LogP contribution in [0, 0.1) is 0 Å². The first-order valence-corrected chi connectivity index (χ1v) is 6.39. The molecule has 0 aromatic heterocycles. The Morgan fingerprint density at radius 3 is 2.00 bits per heavy atom. The standard InChI is InChI=1S/C10H22O2.C4H6O/c1-2-3-4-5-6-7-8-10(12)9-11;1-3-5-4-2/h10-12H,2-9H2,1H3;3-4H,1-2H2. The van der Waals surface area contributed by atoms with E-state index in [1.165, 1.54) is 44.6 Å². The summed E-state index contributed by atoms with van der Waals surface area (Å²) in [5, 5.41) is 17.5. The van der Waals surface area contributed by atoms with Gasteiger partial charge in [0, 0.05) is 0 Å². The maximum Gasteiger partial charge on any atom is 0.0829 e. The van der Waals surface area contributed by atoms with Crippen LogP contribution in [0.2, 0.25) is 0 Å². The van der Waals surface area contributed by atoms with Crippen LogP contribution in [0.3, 0.4) is 0 Å². The highest BCUT2D eigenvalue weighted by atomic mass is 16.5. The molecule has 0 saturated heterocycles. The molecule has 102 valence electrons. The van der Waals surface area contributed by atoms with Gasteiger partial charge < -0.3 is 14.9 Å². The Balaban J connectivity index is 0. The summed E-state index contributed by atoms with van der Waals surface area (Å²) < 4.78 is 4.36. The lowest BCUT2D eigenvalue weighted by atomic mass is 10.1. The van der Waals surface area contributed by atoms with Gasteiger partial charge in [0.2, 0.25) is 0 Å². The number of hydrogen-bond donors (Lipinski definition) is 2. The first-order valence-electron chi connectivity index (χ1n) is 6.39. The Morgan fingerprint density at radius 1 is 1.06 bits per heavy atom. The van der Waals surface area contributed by atoms with Gasteiger partial charge in [0.25, 0.3) is 0 Å². The first-order chi connectivity index (χ1) is 8.22. The Morgan fingerprint density at radius 2 is 1.59 bits per heavy atom. The monoisotopic (exact) mass is 244 g/mol. The molecule has 1 unspecified atom stereocenters. The molecule has 17 heavy (non-hydrogen) atoms. The van der Waals surface area contributed by atoms with Crippen molar-refractivity contribution in [2.75, 3.05) is 6.61 Å². The highest BCUT2D eigenvalue weighted by Gasteiger charge is 1.99. The highest BCUT2D eigenvalue weighted by molar-refractivity contribution is 4.57. The van der Waals surface area contributed by atoms with Crippen molar-refractivity contribution in [1.82, 2.24) is 0 Å². The van der Waals surface area contributed by atoms with Crippen LogP contribution >= 0.6 is 0 Å². The molecule has 0 rings (SSSR count). The zero-order valence-corrected chi connectivity index (χ0v) is 11.1. The summed E-state index contributed by atoms with van der Waals surface area (Å²) in [6, 6.07) is 0. The van der Waals surface area contributed by atoms with Gasteiger partial charge in [-0.1, -0.05) is 58.6 Å². The van der Waals surface area contributed by atoms with E-state index >= 15 is 0 Å². The number of ether oxygens (including phenoxy) is 1. The molecule has 0 aliphatic heterocycles. The Hall–Kier alpha value is -0.800. The molecule has 0 amide bonds.